The number of H-pyrrole nitrogens is 2. The first kappa shape index (κ1) is 31.8. The predicted octanol–water partition coefficient (Wildman–Crippen LogP) is 10.2. The Bertz CT molecular complexity index is 1910. The van der Waals surface area contributed by atoms with Crippen molar-refractivity contribution in [1.82, 2.24) is 9.97 Å². The van der Waals surface area contributed by atoms with Crippen LogP contribution in [0.25, 0.3) is 43.6 Å². The Labute approximate surface area is 270 Å². The van der Waals surface area contributed by atoms with E-state index < -0.39 is 0 Å². The number of nitrogens with one attached hydrogen (secondary N) is 2. The first-order valence-electron chi connectivity index (χ1n) is 14.8. The molecule has 0 unspecified atom stereocenters. The molecule has 0 bridgehead atoms. The Morgan fingerprint density at radius 3 is 1.59 bits per heavy atom. The molecule has 2 aromatic heterocycles. The second kappa shape index (κ2) is 14.9. The molecule has 0 atom stereocenters. The summed E-state index contributed by atoms with van der Waals surface area (Å²) < 4.78 is 0. The second-order valence-corrected chi connectivity index (χ2v) is 11.8. The zero-order valence-electron chi connectivity index (χ0n) is 24.2. The van der Waals surface area contributed by atoms with E-state index in [-0.39, 0.29) is 17.3 Å². The summed E-state index contributed by atoms with van der Waals surface area (Å²) in [5, 5.41) is 4.18. The number of aromatic nitrogens is 2. The minimum atomic E-state index is -0.0670. The summed E-state index contributed by atoms with van der Waals surface area (Å²) in [5.74, 6) is 1.12. The van der Waals surface area contributed by atoms with Crippen LogP contribution in [0.5, 0.6) is 0 Å². The Kier molecular flexibility index (Phi) is 10.8. The number of rotatable bonds is 12. The molecule has 0 fully saturated rings. The fraction of sp³-hybridized carbons (Fsp3) is 0.250. The van der Waals surface area contributed by atoms with Gasteiger partial charge >= 0.3 is 0 Å². The summed E-state index contributed by atoms with van der Waals surface area (Å²) >= 11 is 17.2. The molecule has 0 saturated heterocycles. The maximum Gasteiger partial charge on any atom is 0.165 e. The van der Waals surface area contributed by atoms with Gasteiger partial charge in [0.2, 0.25) is 0 Å². The average Bonchev–Trinajstić information content (AvgIpc) is 3.62. The second-order valence-electron chi connectivity index (χ2n) is 10.7. The molecule has 2 heterocycles. The Morgan fingerprint density at radius 1 is 0.500 bits per heavy atom. The molecule has 6 rings (SSSR count). The van der Waals surface area contributed by atoms with E-state index in [0.717, 1.165) is 16.3 Å². The SMILES string of the molecule is O=C(CCCCl)c1ccc2[nH]c3c(C(=O)CCCCl)cc(C(=O)CCCCl)cc3c2c1.c1ccc2c(c1)[nH]c1ccccc12. The zero-order chi connectivity index (χ0) is 31.1. The van der Waals surface area contributed by atoms with Gasteiger partial charge in [-0.3, -0.25) is 14.4 Å². The summed E-state index contributed by atoms with van der Waals surface area (Å²) in [6.07, 6.45) is 2.74. The van der Waals surface area contributed by atoms with Gasteiger partial charge in [0.25, 0.3) is 0 Å². The van der Waals surface area contributed by atoms with E-state index in [1.54, 1.807) is 18.2 Å². The number of carbonyl (C=O) groups is 3. The maximum absolute atomic E-state index is 12.9. The molecule has 44 heavy (non-hydrogen) atoms. The van der Waals surface area contributed by atoms with E-state index in [4.69, 9.17) is 34.8 Å². The van der Waals surface area contributed by atoms with Crippen molar-refractivity contribution in [2.75, 3.05) is 17.6 Å². The van der Waals surface area contributed by atoms with Gasteiger partial charge in [0.15, 0.2) is 17.3 Å². The Morgan fingerprint density at radius 2 is 1.00 bits per heavy atom. The van der Waals surface area contributed by atoms with Gasteiger partial charge in [-0.1, -0.05) is 36.4 Å². The van der Waals surface area contributed by atoms with Crippen molar-refractivity contribution < 1.29 is 14.4 Å². The molecule has 226 valence electrons. The molecule has 0 spiro atoms. The predicted molar refractivity (Wildman–Crippen MR) is 184 cm³/mol. The molecule has 0 saturated carbocycles. The molecule has 0 aliphatic rings. The van der Waals surface area contributed by atoms with E-state index in [1.165, 1.54) is 21.8 Å². The van der Waals surface area contributed by atoms with Crippen molar-refractivity contribution in [3.8, 4) is 0 Å². The normalized spacial score (nSPS) is 11.2. The number of halogens is 3. The Balaban J connectivity index is 0.000000242. The summed E-state index contributed by atoms with van der Waals surface area (Å²) in [6, 6.07) is 25.7. The third kappa shape index (κ3) is 7.02. The van der Waals surface area contributed by atoms with E-state index in [1.807, 2.05) is 12.1 Å². The standard InChI is InChI=1S/C24H24Cl3NO3.C12H9N/c25-9-1-4-21(29)15-7-8-20-17(12-15)18-13-16(22(30)5-2-10-26)14-19(24(18)28-20)23(31)6-3-11-27;1-3-7-11-9(5-1)10-6-2-4-8-12(10)13-11/h7-8,12-14,28H,1-6,9-11H2;1-8,13H. The van der Waals surface area contributed by atoms with Crippen LogP contribution >= 0.6 is 34.8 Å². The van der Waals surface area contributed by atoms with E-state index in [2.05, 4.69) is 58.5 Å². The summed E-state index contributed by atoms with van der Waals surface area (Å²) in [6.45, 7) is 0. The van der Waals surface area contributed by atoms with Gasteiger partial charge in [0.1, 0.15) is 0 Å². The van der Waals surface area contributed by atoms with Gasteiger partial charge < -0.3 is 9.97 Å². The molecular weight excluding hydrogens is 615 g/mol. The van der Waals surface area contributed by atoms with Gasteiger partial charge in [-0.2, -0.15) is 0 Å². The minimum absolute atomic E-state index is 0.0182. The topological polar surface area (TPSA) is 82.8 Å². The molecule has 0 aliphatic heterocycles. The van der Waals surface area contributed by atoms with Crippen molar-refractivity contribution in [2.24, 2.45) is 0 Å². The monoisotopic (exact) mass is 646 g/mol. The van der Waals surface area contributed by atoms with Crippen LogP contribution in [0, 0.1) is 0 Å². The summed E-state index contributed by atoms with van der Waals surface area (Å²) in [5.41, 5.74) is 5.45. The highest BCUT2D eigenvalue weighted by molar-refractivity contribution is 6.20. The fourth-order valence-electron chi connectivity index (χ4n) is 5.46. The van der Waals surface area contributed by atoms with Crippen LogP contribution in [-0.4, -0.2) is 45.0 Å². The van der Waals surface area contributed by atoms with Crippen LogP contribution in [0.2, 0.25) is 0 Å². The number of aromatic amines is 2. The van der Waals surface area contributed by atoms with Gasteiger partial charge in [0.05, 0.1) is 5.52 Å². The molecule has 8 heteroatoms. The highest BCUT2D eigenvalue weighted by atomic mass is 35.5. The lowest BCUT2D eigenvalue weighted by atomic mass is 9.96. The van der Waals surface area contributed by atoms with Gasteiger partial charge in [-0.05, 0) is 61.7 Å². The minimum Gasteiger partial charge on any atom is -0.355 e. The number of para-hydroxylation sites is 2. The number of carbonyl (C=O) groups excluding carboxylic acids is 3. The van der Waals surface area contributed by atoms with Crippen LogP contribution in [-0.2, 0) is 0 Å². The van der Waals surface area contributed by atoms with Gasteiger partial charge in [-0.25, -0.2) is 0 Å². The number of hydrogen-bond donors (Lipinski definition) is 2. The van der Waals surface area contributed by atoms with Crippen LogP contribution in [0.15, 0.2) is 78.9 Å². The van der Waals surface area contributed by atoms with Crippen molar-refractivity contribution in [3.63, 3.8) is 0 Å². The van der Waals surface area contributed by atoms with E-state index in [9.17, 15) is 14.4 Å². The lowest BCUT2D eigenvalue weighted by Crippen LogP contribution is -2.05. The van der Waals surface area contributed by atoms with Crippen LogP contribution in [0.1, 0.15) is 69.6 Å². The largest absolute Gasteiger partial charge is 0.355 e. The smallest absolute Gasteiger partial charge is 0.165 e. The first-order valence-corrected chi connectivity index (χ1v) is 16.4. The van der Waals surface area contributed by atoms with Crippen molar-refractivity contribution in [3.05, 3.63) is 95.6 Å². The molecular formula is C36H33Cl3N2O3. The lowest BCUT2D eigenvalue weighted by Gasteiger charge is -2.07. The van der Waals surface area contributed by atoms with E-state index in [0.29, 0.717) is 78.4 Å². The maximum atomic E-state index is 12.9. The van der Waals surface area contributed by atoms with Crippen LogP contribution < -0.4 is 0 Å². The number of ketones is 3. The number of alkyl halides is 3. The van der Waals surface area contributed by atoms with Crippen LogP contribution in [0.4, 0.5) is 0 Å². The van der Waals surface area contributed by atoms with Crippen molar-refractivity contribution >= 4 is 95.8 Å². The number of Topliss-reactive ketones (excluding diaryl/α,β-unsaturated/α-hetero) is 3. The molecule has 0 radical (unpaired) electrons. The van der Waals surface area contributed by atoms with Crippen LogP contribution in [0.3, 0.4) is 0 Å². The number of hydrogen-bond acceptors (Lipinski definition) is 3. The molecule has 4 aromatic carbocycles. The highest BCUT2D eigenvalue weighted by Crippen LogP contribution is 2.32. The molecule has 2 N–H and O–H groups in total. The zero-order valence-corrected chi connectivity index (χ0v) is 26.5. The third-order valence-electron chi connectivity index (χ3n) is 7.68. The third-order valence-corrected chi connectivity index (χ3v) is 8.48. The molecule has 0 amide bonds. The first-order chi connectivity index (χ1) is 21.4. The fourth-order valence-corrected chi connectivity index (χ4v) is 5.86. The average molecular weight is 648 g/mol. The van der Waals surface area contributed by atoms with Gasteiger partial charge in [0, 0.05) is 91.7 Å². The van der Waals surface area contributed by atoms with Crippen molar-refractivity contribution in [1.29, 1.82) is 0 Å². The number of fused-ring (bicyclic) bond motifs is 6. The summed E-state index contributed by atoms with van der Waals surface area (Å²) in [7, 11) is 0. The molecule has 6 aromatic rings. The summed E-state index contributed by atoms with van der Waals surface area (Å²) in [4.78, 5) is 44.8. The molecule has 0 aliphatic carbocycles. The Hall–Kier alpha value is -3.64. The molecule has 5 nitrogen and oxygen atoms in total. The van der Waals surface area contributed by atoms with Gasteiger partial charge in [-0.15, -0.1) is 34.8 Å². The van der Waals surface area contributed by atoms with Crippen molar-refractivity contribution in [2.45, 2.75) is 38.5 Å². The van der Waals surface area contributed by atoms with E-state index >= 15 is 0 Å². The quantitative estimate of drug-likeness (QED) is 0.102. The highest BCUT2D eigenvalue weighted by Gasteiger charge is 2.19. The lowest BCUT2D eigenvalue weighted by molar-refractivity contribution is 0.0971. The number of benzene rings is 4.